The Bertz CT molecular complexity index is 848. The third-order valence-corrected chi connectivity index (χ3v) is 3.51. The van der Waals surface area contributed by atoms with Crippen LogP contribution in [0.15, 0.2) is 28.1 Å². The monoisotopic (exact) mass is 295 g/mol. The first-order chi connectivity index (χ1) is 10.3. The molecule has 112 valence electrons. The van der Waals surface area contributed by atoms with E-state index >= 15 is 0 Å². The Morgan fingerprint density at radius 2 is 1.73 bits per heavy atom. The van der Waals surface area contributed by atoms with Crippen LogP contribution in [0.5, 0.6) is 5.75 Å². The topological polar surface area (TPSA) is 78.4 Å². The highest BCUT2D eigenvalue weighted by atomic mass is 16.3. The fourth-order valence-corrected chi connectivity index (χ4v) is 2.35. The Morgan fingerprint density at radius 1 is 1.14 bits per heavy atom. The van der Waals surface area contributed by atoms with Crippen LogP contribution in [-0.4, -0.2) is 16.0 Å². The summed E-state index contributed by atoms with van der Waals surface area (Å²) < 4.78 is 1.21. The maximum atomic E-state index is 12.2. The molecule has 0 spiro atoms. The van der Waals surface area contributed by atoms with Gasteiger partial charge in [0.05, 0.1) is 6.21 Å². The van der Waals surface area contributed by atoms with E-state index in [9.17, 15) is 9.90 Å². The van der Waals surface area contributed by atoms with E-state index in [0.717, 1.165) is 16.7 Å². The summed E-state index contributed by atoms with van der Waals surface area (Å²) in [6, 6.07) is 7.24. The van der Waals surface area contributed by atoms with Crippen LogP contribution in [0, 0.1) is 39.0 Å². The van der Waals surface area contributed by atoms with Crippen LogP contribution in [0.4, 0.5) is 0 Å². The molecule has 0 amide bonds. The van der Waals surface area contributed by atoms with Crippen molar-refractivity contribution >= 4 is 6.21 Å². The van der Waals surface area contributed by atoms with E-state index in [1.165, 1.54) is 4.68 Å². The van der Waals surface area contributed by atoms with E-state index in [1.54, 1.807) is 52.1 Å². The molecule has 0 bridgehead atoms. The van der Waals surface area contributed by atoms with Gasteiger partial charge in [0.2, 0.25) is 0 Å². The molecule has 1 heterocycles. The van der Waals surface area contributed by atoms with E-state index < -0.39 is 5.56 Å². The third kappa shape index (κ3) is 2.77. The van der Waals surface area contributed by atoms with Crippen molar-refractivity contribution in [1.29, 1.82) is 5.26 Å². The van der Waals surface area contributed by atoms with Crippen LogP contribution in [0.3, 0.4) is 0 Å². The van der Waals surface area contributed by atoms with E-state index in [1.807, 2.05) is 6.07 Å². The zero-order valence-electron chi connectivity index (χ0n) is 13.0. The van der Waals surface area contributed by atoms with Gasteiger partial charge < -0.3 is 5.11 Å². The second-order valence-electron chi connectivity index (χ2n) is 5.32. The number of phenols is 1. The van der Waals surface area contributed by atoms with Crippen LogP contribution in [0.1, 0.15) is 33.5 Å². The molecule has 1 aromatic carbocycles. The Balaban J connectivity index is 2.52. The zero-order valence-corrected chi connectivity index (χ0v) is 13.0. The van der Waals surface area contributed by atoms with Crippen molar-refractivity contribution in [3.63, 3.8) is 0 Å². The first-order valence-electron chi connectivity index (χ1n) is 6.83. The summed E-state index contributed by atoms with van der Waals surface area (Å²) in [6.45, 7) is 7.10. The maximum absolute atomic E-state index is 12.2. The van der Waals surface area contributed by atoms with Gasteiger partial charge in [0.25, 0.3) is 5.56 Å². The fourth-order valence-electron chi connectivity index (χ4n) is 2.35. The minimum Gasteiger partial charge on any atom is -0.507 e. The van der Waals surface area contributed by atoms with Crippen molar-refractivity contribution in [2.24, 2.45) is 5.10 Å². The predicted molar refractivity (Wildman–Crippen MR) is 85.5 cm³/mol. The van der Waals surface area contributed by atoms with Gasteiger partial charge in [0.1, 0.15) is 17.4 Å². The van der Waals surface area contributed by atoms with Crippen molar-refractivity contribution in [3.05, 3.63) is 62.1 Å². The number of aromatic hydroxyl groups is 1. The number of phenolic OH excluding ortho intramolecular Hbond substituents is 1. The molecule has 0 aliphatic carbocycles. The predicted octanol–water partition coefficient (Wildman–Crippen LogP) is 2.54. The van der Waals surface area contributed by atoms with Gasteiger partial charge in [-0.05, 0) is 68.1 Å². The number of nitriles is 1. The number of benzene rings is 1. The van der Waals surface area contributed by atoms with Crippen LogP contribution in [-0.2, 0) is 0 Å². The number of pyridine rings is 1. The Morgan fingerprint density at radius 3 is 2.27 bits per heavy atom. The second kappa shape index (κ2) is 5.86. The number of hydrogen-bond acceptors (Lipinski definition) is 4. The molecule has 2 aromatic rings. The minimum absolute atomic E-state index is 0.0980. The number of aromatic nitrogens is 1. The van der Waals surface area contributed by atoms with E-state index in [0.29, 0.717) is 11.3 Å². The van der Waals surface area contributed by atoms with Gasteiger partial charge in [0, 0.05) is 5.69 Å². The van der Waals surface area contributed by atoms with Gasteiger partial charge >= 0.3 is 0 Å². The van der Waals surface area contributed by atoms with Crippen LogP contribution >= 0.6 is 0 Å². The molecule has 0 unspecified atom stereocenters. The SMILES string of the molecule is Cc1cc(/C=N/n2c(C)cc(C)c(C#N)c2=O)cc(C)c1O. The lowest BCUT2D eigenvalue weighted by Crippen LogP contribution is -2.22. The quantitative estimate of drug-likeness (QED) is 0.865. The standard InChI is InChI=1S/C17H17N3O2/c1-10-5-13(4)20(17(22)15(10)8-18)19-9-14-6-11(2)16(21)12(3)7-14/h5-7,9,21H,1-4H3/b19-9+. The summed E-state index contributed by atoms with van der Waals surface area (Å²) in [4.78, 5) is 12.2. The number of hydrogen-bond donors (Lipinski definition) is 1. The molecule has 0 aliphatic heterocycles. The van der Waals surface area contributed by atoms with Crippen molar-refractivity contribution in [2.45, 2.75) is 27.7 Å². The zero-order chi connectivity index (χ0) is 16.4. The smallest absolute Gasteiger partial charge is 0.289 e. The van der Waals surface area contributed by atoms with E-state index in [4.69, 9.17) is 5.26 Å². The molecule has 1 aromatic heterocycles. The summed E-state index contributed by atoms with van der Waals surface area (Å²) in [7, 11) is 0. The molecule has 0 aliphatic rings. The summed E-state index contributed by atoms with van der Waals surface area (Å²) in [5.74, 6) is 0.257. The highest BCUT2D eigenvalue weighted by molar-refractivity contribution is 5.80. The maximum Gasteiger partial charge on any atom is 0.289 e. The van der Waals surface area contributed by atoms with Crippen molar-refractivity contribution in [1.82, 2.24) is 4.68 Å². The molecule has 5 nitrogen and oxygen atoms in total. The average molecular weight is 295 g/mol. The summed E-state index contributed by atoms with van der Waals surface area (Å²) >= 11 is 0. The first kappa shape index (κ1) is 15.5. The fraction of sp³-hybridized carbons (Fsp3) is 0.235. The normalized spacial score (nSPS) is 10.9. The average Bonchev–Trinajstić information content (AvgIpc) is 2.44. The second-order valence-corrected chi connectivity index (χ2v) is 5.32. The van der Waals surface area contributed by atoms with Crippen LogP contribution in [0.2, 0.25) is 0 Å². The molecule has 0 saturated carbocycles. The Kier molecular flexibility index (Phi) is 4.13. The lowest BCUT2D eigenvalue weighted by molar-refractivity contribution is 0.467. The molecule has 0 atom stereocenters. The molecule has 1 N–H and O–H groups in total. The van der Waals surface area contributed by atoms with Gasteiger partial charge in [-0.3, -0.25) is 4.79 Å². The van der Waals surface area contributed by atoms with E-state index in [-0.39, 0.29) is 11.3 Å². The summed E-state index contributed by atoms with van der Waals surface area (Å²) in [6.07, 6.45) is 1.55. The lowest BCUT2D eigenvalue weighted by atomic mass is 10.1. The summed E-state index contributed by atoms with van der Waals surface area (Å²) in [5.41, 5.74) is 3.24. The Labute approximate surface area is 128 Å². The summed E-state index contributed by atoms with van der Waals surface area (Å²) in [5, 5.41) is 23.0. The first-order valence-corrected chi connectivity index (χ1v) is 6.83. The molecule has 0 radical (unpaired) electrons. The molecule has 0 saturated heterocycles. The number of aryl methyl sites for hydroxylation is 4. The third-order valence-electron chi connectivity index (χ3n) is 3.51. The number of nitrogens with zero attached hydrogens (tertiary/aromatic N) is 3. The highest BCUT2D eigenvalue weighted by Gasteiger charge is 2.09. The highest BCUT2D eigenvalue weighted by Crippen LogP contribution is 2.22. The van der Waals surface area contributed by atoms with Gasteiger partial charge in [-0.25, -0.2) is 4.68 Å². The van der Waals surface area contributed by atoms with Crippen LogP contribution in [0.25, 0.3) is 0 Å². The van der Waals surface area contributed by atoms with Crippen molar-refractivity contribution in [3.8, 4) is 11.8 Å². The number of rotatable bonds is 2. The van der Waals surface area contributed by atoms with Gasteiger partial charge in [-0.2, -0.15) is 10.4 Å². The molecule has 22 heavy (non-hydrogen) atoms. The Hall–Kier alpha value is -2.87. The minimum atomic E-state index is -0.427. The largest absolute Gasteiger partial charge is 0.507 e. The lowest BCUT2D eigenvalue weighted by Gasteiger charge is -2.07. The van der Waals surface area contributed by atoms with Gasteiger partial charge in [0.15, 0.2) is 0 Å². The van der Waals surface area contributed by atoms with Gasteiger partial charge in [-0.15, -0.1) is 0 Å². The molecule has 5 heteroatoms. The molecule has 0 fully saturated rings. The van der Waals surface area contributed by atoms with Crippen molar-refractivity contribution in [2.75, 3.05) is 0 Å². The van der Waals surface area contributed by atoms with Gasteiger partial charge in [-0.1, -0.05) is 0 Å². The molecular formula is C17H17N3O2. The van der Waals surface area contributed by atoms with E-state index in [2.05, 4.69) is 5.10 Å². The van der Waals surface area contributed by atoms with Crippen LogP contribution < -0.4 is 5.56 Å². The molecule has 2 rings (SSSR count). The van der Waals surface area contributed by atoms with Crippen molar-refractivity contribution < 1.29 is 5.11 Å². The molecular weight excluding hydrogens is 278 g/mol.